The van der Waals surface area contributed by atoms with Crippen molar-refractivity contribution in [3.05, 3.63) is 54.1 Å². The highest BCUT2D eigenvalue weighted by molar-refractivity contribution is 6.05. The number of nitrogens with one attached hydrogen (secondary N) is 1. The van der Waals surface area contributed by atoms with Gasteiger partial charge in [-0.25, -0.2) is 0 Å². The van der Waals surface area contributed by atoms with Crippen molar-refractivity contribution < 1.29 is 19.1 Å². The van der Waals surface area contributed by atoms with Gasteiger partial charge in [0.25, 0.3) is 0 Å². The fraction of sp³-hybridized carbons (Fsp3) is 0.217. The Kier molecular flexibility index (Phi) is 5.64. The van der Waals surface area contributed by atoms with E-state index in [2.05, 4.69) is 5.32 Å². The molecule has 1 N–H and O–H groups in total. The average molecular weight is 377 g/mol. The van der Waals surface area contributed by atoms with Crippen LogP contribution in [0.25, 0.3) is 21.9 Å². The summed E-state index contributed by atoms with van der Waals surface area (Å²) >= 11 is 0. The Morgan fingerprint density at radius 1 is 0.929 bits per heavy atom. The van der Waals surface area contributed by atoms with Crippen LogP contribution in [0.3, 0.4) is 0 Å². The molecule has 0 aromatic heterocycles. The SMILES string of the molecule is COc1cc(NC(C)=O)c(-c2c(CC(C)=O)ccc3ccccc23)cc1OC. The minimum atomic E-state index is -0.193. The first kappa shape index (κ1) is 19.4. The summed E-state index contributed by atoms with van der Waals surface area (Å²) in [5, 5.41) is 4.93. The molecule has 3 rings (SSSR count). The average Bonchev–Trinajstić information content (AvgIpc) is 2.67. The van der Waals surface area contributed by atoms with E-state index in [1.165, 1.54) is 6.92 Å². The largest absolute Gasteiger partial charge is 0.493 e. The van der Waals surface area contributed by atoms with Crippen LogP contribution in [0.5, 0.6) is 11.5 Å². The number of amides is 1. The molecule has 3 aromatic carbocycles. The summed E-state index contributed by atoms with van der Waals surface area (Å²) in [6, 6.07) is 15.5. The van der Waals surface area contributed by atoms with Crippen molar-refractivity contribution in [3.63, 3.8) is 0 Å². The Morgan fingerprint density at radius 2 is 1.61 bits per heavy atom. The Labute approximate surface area is 164 Å². The number of rotatable bonds is 6. The molecule has 0 heterocycles. The molecular weight excluding hydrogens is 354 g/mol. The molecule has 3 aromatic rings. The molecule has 5 nitrogen and oxygen atoms in total. The molecule has 0 saturated carbocycles. The first-order valence-corrected chi connectivity index (χ1v) is 8.98. The summed E-state index contributed by atoms with van der Waals surface area (Å²) in [5.41, 5.74) is 3.18. The molecule has 0 aliphatic rings. The number of carbonyl (C=O) groups excluding carboxylic acids is 2. The lowest BCUT2D eigenvalue weighted by Crippen LogP contribution is -2.09. The van der Waals surface area contributed by atoms with Gasteiger partial charge in [0.15, 0.2) is 11.5 Å². The van der Waals surface area contributed by atoms with E-state index in [-0.39, 0.29) is 11.7 Å². The summed E-state index contributed by atoms with van der Waals surface area (Å²) in [6.45, 7) is 3.03. The first-order chi connectivity index (χ1) is 13.4. The molecule has 28 heavy (non-hydrogen) atoms. The van der Waals surface area contributed by atoms with Crippen LogP contribution in [0.4, 0.5) is 5.69 Å². The van der Waals surface area contributed by atoms with Crippen LogP contribution >= 0.6 is 0 Å². The van der Waals surface area contributed by atoms with E-state index in [0.717, 1.165) is 27.5 Å². The van der Waals surface area contributed by atoms with E-state index in [1.54, 1.807) is 27.2 Å². The molecule has 5 heteroatoms. The molecule has 0 fully saturated rings. The number of ketones is 1. The molecule has 0 aliphatic heterocycles. The number of anilines is 1. The van der Waals surface area contributed by atoms with Crippen LogP contribution in [-0.2, 0) is 16.0 Å². The highest BCUT2D eigenvalue weighted by atomic mass is 16.5. The summed E-state index contributed by atoms with van der Waals surface area (Å²) in [7, 11) is 3.12. The lowest BCUT2D eigenvalue weighted by molar-refractivity contribution is -0.116. The van der Waals surface area contributed by atoms with Crippen LogP contribution in [0.15, 0.2) is 48.5 Å². The Bertz CT molecular complexity index is 1060. The second-order valence-electron chi connectivity index (χ2n) is 6.63. The molecule has 0 radical (unpaired) electrons. The Balaban J connectivity index is 2.39. The number of Topliss-reactive ketones (excluding diaryl/α,β-unsaturated/α-hetero) is 1. The summed E-state index contributed by atoms with van der Waals surface area (Å²) in [5.74, 6) is 0.941. The predicted molar refractivity (Wildman–Crippen MR) is 111 cm³/mol. The highest BCUT2D eigenvalue weighted by Gasteiger charge is 2.19. The van der Waals surface area contributed by atoms with Crippen molar-refractivity contribution in [2.75, 3.05) is 19.5 Å². The molecule has 144 valence electrons. The highest BCUT2D eigenvalue weighted by Crippen LogP contribution is 2.43. The molecule has 0 spiro atoms. The fourth-order valence-electron chi connectivity index (χ4n) is 3.43. The van der Waals surface area contributed by atoms with Gasteiger partial charge in [-0.15, -0.1) is 0 Å². The number of benzene rings is 3. The number of fused-ring (bicyclic) bond motifs is 1. The van der Waals surface area contributed by atoms with Gasteiger partial charge in [-0.1, -0.05) is 36.4 Å². The van der Waals surface area contributed by atoms with E-state index < -0.39 is 0 Å². The maximum absolute atomic E-state index is 11.9. The zero-order valence-electron chi connectivity index (χ0n) is 16.5. The summed E-state index contributed by atoms with van der Waals surface area (Å²) in [6.07, 6.45) is 0.300. The quantitative estimate of drug-likeness (QED) is 0.681. The molecule has 0 unspecified atom stereocenters. The van der Waals surface area contributed by atoms with Crippen LogP contribution in [0.1, 0.15) is 19.4 Å². The van der Waals surface area contributed by atoms with Gasteiger partial charge in [-0.05, 0) is 34.9 Å². The van der Waals surface area contributed by atoms with Crippen LogP contribution in [0.2, 0.25) is 0 Å². The molecule has 0 aliphatic carbocycles. The monoisotopic (exact) mass is 377 g/mol. The van der Waals surface area contributed by atoms with Crippen molar-refractivity contribution >= 4 is 28.2 Å². The summed E-state index contributed by atoms with van der Waals surface area (Å²) in [4.78, 5) is 23.7. The van der Waals surface area contributed by atoms with E-state index in [9.17, 15) is 9.59 Å². The third kappa shape index (κ3) is 3.83. The topological polar surface area (TPSA) is 64.6 Å². The van der Waals surface area contributed by atoms with Crippen molar-refractivity contribution in [3.8, 4) is 22.6 Å². The van der Waals surface area contributed by atoms with Gasteiger partial charge in [0, 0.05) is 25.0 Å². The third-order valence-corrected chi connectivity index (χ3v) is 4.56. The molecule has 0 saturated heterocycles. The van der Waals surface area contributed by atoms with Crippen molar-refractivity contribution in [1.82, 2.24) is 0 Å². The van der Waals surface area contributed by atoms with E-state index in [4.69, 9.17) is 9.47 Å². The number of ether oxygens (including phenoxy) is 2. The fourth-order valence-corrected chi connectivity index (χ4v) is 3.43. The normalized spacial score (nSPS) is 10.6. The minimum Gasteiger partial charge on any atom is -0.493 e. The van der Waals surface area contributed by atoms with Gasteiger partial charge < -0.3 is 14.8 Å². The minimum absolute atomic E-state index is 0.0677. The smallest absolute Gasteiger partial charge is 0.221 e. The molecule has 0 bridgehead atoms. The Hall–Kier alpha value is -3.34. The van der Waals surface area contributed by atoms with Gasteiger partial charge in [0.05, 0.1) is 19.9 Å². The zero-order chi connectivity index (χ0) is 20.3. The second kappa shape index (κ2) is 8.13. The number of carbonyl (C=O) groups is 2. The number of hydrogen-bond donors (Lipinski definition) is 1. The van der Waals surface area contributed by atoms with Crippen LogP contribution in [-0.4, -0.2) is 25.9 Å². The lowest BCUT2D eigenvalue weighted by Gasteiger charge is -2.19. The second-order valence-corrected chi connectivity index (χ2v) is 6.63. The Morgan fingerprint density at radius 3 is 2.25 bits per heavy atom. The van der Waals surface area contributed by atoms with Crippen molar-refractivity contribution in [2.45, 2.75) is 20.3 Å². The molecular formula is C23H23NO4. The number of hydrogen-bond acceptors (Lipinski definition) is 4. The van der Waals surface area contributed by atoms with E-state index in [1.807, 2.05) is 42.5 Å². The van der Waals surface area contributed by atoms with Gasteiger partial charge >= 0.3 is 0 Å². The third-order valence-electron chi connectivity index (χ3n) is 4.56. The number of methoxy groups -OCH3 is 2. The van der Waals surface area contributed by atoms with Gasteiger partial charge in [-0.3, -0.25) is 9.59 Å². The van der Waals surface area contributed by atoms with Crippen molar-refractivity contribution in [1.29, 1.82) is 0 Å². The lowest BCUT2D eigenvalue weighted by atomic mass is 9.90. The van der Waals surface area contributed by atoms with Gasteiger partial charge in [0.2, 0.25) is 5.91 Å². The first-order valence-electron chi connectivity index (χ1n) is 8.98. The van der Waals surface area contributed by atoms with Gasteiger partial charge in [0.1, 0.15) is 5.78 Å². The van der Waals surface area contributed by atoms with E-state index >= 15 is 0 Å². The van der Waals surface area contributed by atoms with E-state index in [0.29, 0.717) is 23.6 Å². The maximum Gasteiger partial charge on any atom is 0.221 e. The van der Waals surface area contributed by atoms with Crippen LogP contribution in [0, 0.1) is 0 Å². The standard InChI is InChI=1S/C23H23NO4/c1-14(25)11-17-10-9-16-7-5-6-8-18(16)23(17)19-12-21(27-3)22(28-4)13-20(19)24-15(2)26/h5-10,12-13H,11H2,1-4H3,(H,24,26). The predicted octanol–water partition coefficient (Wildman–Crippen LogP) is 4.61. The molecule has 1 amide bonds. The molecule has 0 atom stereocenters. The summed E-state index contributed by atoms with van der Waals surface area (Å²) < 4.78 is 10.9. The zero-order valence-corrected chi connectivity index (χ0v) is 16.5. The van der Waals surface area contributed by atoms with Gasteiger partial charge in [-0.2, -0.15) is 0 Å². The van der Waals surface area contributed by atoms with Crippen LogP contribution < -0.4 is 14.8 Å². The van der Waals surface area contributed by atoms with Crippen molar-refractivity contribution in [2.24, 2.45) is 0 Å². The maximum atomic E-state index is 11.9.